The Morgan fingerprint density at radius 3 is 2.27 bits per heavy atom. The van der Waals surface area contributed by atoms with Crippen molar-refractivity contribution in [2.75, 3.05) is 0 Å². The Bertz CT molecular complexity index is 1210. The zero-order valence-corrected chi connectivity index (χ0v) is 16.9. The average Bonchev–Trinajstić information content (AvgIpc) is 3.05. The summed E-state index contributed by atoms with van der Waals surface area (Å²) in [6.45, 7) is 0.104. The maximum absolute atomic E-state index is 13.1. The van der Waals surface area contributed by atoms with Crippen LogP contribution in [-0.2, 0) is 18.4 Å². The Balaban J connectivity index is 1.68. The highest BCUT2D eigenvalue weighted by molar-refractivity contribution is 6.43. The Morgan fingerprint density at radius 1 is 0.867 bits per heavy atom. The molecule has 0 amide bonds. The molecule has 0 spiro atoms. The van der Waals surface area contributed by atoms with Crippen LogP contribution in [0, 0.1) is 0 Å². The first-order valence-corrected chi connectivity index (χ1v) is 9.68. The molecule has 0 N–H and O–H groups in total. The standard InChI is InChI=1S/C24H18ClNO4/c1-26-20-10-6-5-9-19(20)22(21(26)15-29-17-13-11-16(25)12-14-17)23(27)24(28)30-18-7-3-2-4-8-18/h2-14H,15H2,1H3. The summed E-state index contributed by atoms with van der Waals surface area (Å²) in [5.41, 5.74) is 1.69. The number of aryl methyl sites for hydroxylation is 1. The molecule has 0 saturated carbocycles. The number of Topliss-reactive ketones (excluding diaryl/α,β-unsaturated/α-hetero) is 1. The minimum Gasteiger partial charge on any atom is -0.487 e. The van der Waals surface area contributed by atoms with Crippen LogP contribution in [0.4, 0.5) is 0 Å². The lowest BCUT2D eigenvalue weighted by Crippen LogP contribution is -2.22. The third-order valence-corrected chi connectivity index (χ3v) is 5.04. The number of aromatic nitrogens is 1. The number of ketones is 1. The van der Waals surface area contributed by atoms with Crippen LogP contribution in [0.15, 0.2) is 78.9 Å². The first-order valence-electron chi connectivity index (χ1n) is 9.31. The fourth-order valence-electron chi connectivity index (χ4n) is 3.29. The van der Waals surface area contributed by atoms with Gasteiger partial charge in [-0.25, -0.2) is 4.79 Å². The fourth-order valence-corrected chi connectivity index (χ4v) is 3.42. The van der Waals surface area contributed by atoms with Crippen LogP contribution in [0.5, 0.6) is 11.5 Å². The van der Waals surface area contributed by atoms with E-state index in [2.05, 4.69) is 0 Å². The average molecular weight is 420 g/mol. The van der Waals surface area contributed by atoms with E-state index in [1.165, 1.54) is 0 Å². The third-order valence-electron chi connectivity index (χ3n) is 4.78. The second kappa shape index (κ2) is 8.43. The second-order valence-electron chi connectivity index (χ2n) is 6.67. The van der Waals surface area contributed by atoms with Crippen LogP contribution in [0.1, 0.15) is 16.1 Å². The number of esters is 1. The Morgan fingerprint density at radius 2 is 1.53 bits per heavy atom. The van der Waals surface area contributed by atoms with E-state index < -0.39 is 11.8 Å². The van der Waals surface area contributed by atoms with E-state index in [1.807, 2.05) is 35.9 Å². The van der Waals surface area contributed by atoms with Crippen molar-refractivity contribution in [3.05, 3.63) is 95.1 Å². The number of fused-ring (bicyclic) bond motifs is 1. The number of ether oxygens (including phenoxy) is 2. The van der Waals surface area contributed by atoms with E-state index >= 15 is 0 Å². The van der Waals surface area contributed by atoms with Gasteiger partial charge >= 0.3 is 5.97 Å². The first-order chi connectivity index (χ1) is 14.5. The predicted molar refractivity (Wildman–Crippen MR) is 115 cm³/mol. The van der Waals surface area contributed by atoms with Crippen molar-refractivity contribution in [3.63, 3.8) is 0 Å². The number of carbonyl (C=O) groups excluding carboxylic acids is 2. The maximum Gasteiger partial charge on any atom is 0.385 e. The lowest BCUT2D eigenvalue weighted by atomic mass is 10.1. The zero-order valence-electron chi connectivity index (χ0n) is 16.2. The van der Waals surface area contributed by atoms with E-state index in [0.29, 0.717) is 27.6 Å². The monoisotopic (exact) mass is 419 g/mol. The van der Waals surface area contributed by atoms with Gasteiger partial charge in [0.05, 0.1) is 11.3 Å². The second-order valence-corrected chi connectivity index (χ2v) is 7.11. The van der Waals surface area contributed by atoms with Crippen molar-refractivity contribution >= 4 is 34.3 Å². The van der Waals surface area contributed by atoms with Gasteiger partial charge in [0.2, 0.25) is 0 Å². The van der Waals surface area contributed by atoms with Gasteiger partial charge in [-0.05, 0) is 42.5 Å². The number of para-hydroxylation sites is 2. The van der Waals surface area contributed by atoms with Crippen molar-refractivity contribution in [1.82, 2.24) is 4.57 Å². The Labute approximate surface area is 178 Å². The third kappa shape index (κ3) is 3.93. The molecule has 0 atom stereocenters. The highest BCUT2D eigenvalue weighted by Gasteiger charge is 2.28. The number of hydrogen-bond donors (Lipinski definition) is 0. The lowest BCUT2D eigenvalue weighted by molar-refractivity contribution is -0.129. The molecule has 0 unspecified atom stereocenters. The molecule has 0 saturated heterocycles. The quantitative estimate of drug-likeness (QED) is 0.186. The summed E-state index contributed by atoms with van der Waals surface area (Å²) in [7, 11) is 1.84. The molecule has 6 heteroatoms. The molecule has 0 fully saturated rings. The molecule has 30 heavy (non-hydrogen) atoms. The minimum atomic E-state index is -0.940. The number of rotatable bonds is 6. The Kier molecular flexibility index (Phi) is 5.55. The molecule has 1 aromatic heterocycles. The molecule has 0 aliphatic heterocycles. The molecule has 0 aliphatic carbocycles. The predicted octanol–water partition coefficient (Wildman–Crippen LogP) is 5.20. The van der Waals surface area contributed by atoms with Crippen molar-refractivity contribution < 1.29 is 19.1 Å². The van der Waals surface area contributed by atoms with E-state index in [9.17, 15) is 9.59 Å². The van der Waals surface area contributed by atoms with E-state index in [1.54, 1.807) is 54.6 Å². The van der Waals surface area contributed by atoms with Crippen molar-refractivity contribution in [1.29, 1.82) is 0 Å². The van der Waals surface area contributed by atoms with Gasteiger partial charge < -0.3 is 14.0 Å². The van der Waals surface area contributed by atoms with Crippen LogP contribution in [-0.4, -0.2) is 16.3 Å². The molecule has 3 aromatic carbocycles. The van der Waals surface area contributed by atoms with E-state index in [0.717, 1.165) is 5.52 Å². The van der Waals surface area contributed by atoms with Crippen LogP contribution in [0.25, 0.3) is 10.9 Å². The van der Waals surface area contributed by atoms with Gasteiger partial charge in [0.15, 0.2) is 0 Å². The first kappa shape index (κ1) is 19.7. The molecule has 0 aliphatic rings. The maximum atomic E-state index is 13.1. The molecule has 1 heterocycles. The summed E-state index contributed by atoms with van der Waals surface area (Å²) >= 11 is 5.92. The topological polar surface area (TPSA) is 57.5 Å². The summed E-state index contributed by atoms with van der Waals surface area (Å²) in [6.07, 6.45) is 0. The van der Waals surface area contributed by atoms with Gasteiger partial charge in [-0.3, -0.25) is 4.79 Å². The van der Waals surface area contributed by atoms with Gasteiger partial charge in [-0.15, -0.1) is 0 Å². The fraction of sp³-hybridized carbons (Fsp3) is 0.0833. The van der Waals surface area contributed by atoms with Gasteiger partial charge in [-0.1, -0.05) is 48.0 Å². The number of halogens is 1. The molecular weight excluding hydrogens is 402 g/mol. The Hall–Kier alpha value is -3.57. The van der Waals surface area contributed by atoms with Gasteiger partial charge in [0.25, 0.3) is 5.78 Å². The molecule has 5 nitrogen and oxygen atoms in total. The highest BCUT2D eigenvalue weighted by Crippen LogP contribution is 2.28. The van der Waals surface area contributed by atoms with Crippen LogP contribution < -0.4 is 9.47 Å². The number of hydrogen-bond acceptors (Lipinski definition) is 4. The summed E-state index contributed by atoms with van der Waals surface area (Å²) in [5, 5.41) is 1.27. The van der Waals surface area contributed by atoms with E-state index in [-0.39, 0.29) is 12.2 Å². The number of benzene rings is 3. The van der Waals surface area contributed by atoms with Crippen molar-refractivity contribution in [2.45, 2.75) is 6.61 Å². The molecule has 150 valence electrons. The summed E-state index contributed by atoms with van der Waals surface area (Å²) in [4.78, 5) is 25.7. The number of nitrogens with zero attached hydrogens (tertiary/aromatic N) is 1. The van der Waals surface area contributed by atoms with Crippen LogP contribution in [0.2, 0.25) is 5.02 Å². The van der Waals surface area contributed by atoms with Crippen molar-refractivity contribution in [3.8, 4) is 11.5 Å². The van der Waals surface area contributed by atoms with Crippen LogP contribution in [0.3, 0.4) is 0 Å². The number of carbonyl (C=O) groups is 2. The normalized spacial score (nSPS) is 10.7. The smallest absolute Gasteiger partial charge is 0.385 e. The van der Waals surface area contributed by atoms with E-state index in [4.69, 9.17) is 21.1 Å². The summed E-state index contributed by atoms with van der Waals surface area (Å²) in [5.74, 6) is -0.736. The molecule has 4 aromatic rings. The molecule has 0 bridgehead atoms. The SMILES string of the molecule is Cn1c(COc2ccc(Cl)cc2)c(C(=O)C(=O)Oc2ccccc2)c2ccccc21. The van der Waals surface area contributed by atoms with Crippen LogP contribution >= 0.6 is 11.6 Å². The highest BCUT2D eigenvalue weighted by atomic mass is 35.5. The lowest BCUT2D eigenvalue weighted by Gasteiger charge is -2.10. The minimum absolute atomic E-state index is 0.104. The van der Waals surface area contributed by atoms with Gasteiger partial charge in [0.1, 0.15) is 18.1 Å². The van der Waals surface area contributed by atoms with Crippen molar-refractivity contribution in [2.24, 2.45) is 7.05 Å². The molecule has 0 radical (unpaired) electrons. The largest absolute Gasteiger partial charge is 0.487 e. The summed E-state index contributed by atoms with van der Waals surface area (Å²) < 4.78 is 13.0. The van der Waals surface area contributed by atoms with Gasteiger partial charge in [0, 0.05) is 23.0 Å². The van der Waals surface area contributed by atoms with Gasteiger partial charge in [-0.2, -0.15) is 0 Å². The molecular formula is C24H18ClNO4. The summed E-state index contributed by atoms with van der Waals surface area (Å²) in [6, 6.07) is 22.9. The molecule has 4 rings (SSSR count). The zero-order chi connectivity index (χ0) is 21.1.